The molecule has 0 unspecified atom stereocenters. The van der Waals surface area contributed by atoms with Gasteiger partial charge in [-0.1, -0.05) is 13.3 Å². The summed E-state index contributed by atoms with van der Waals surface area (Å²) in [6.45, 7) is 4.55. The number of hydrogen-bond acceptors (Lipinski definition) is 3. The zero-order valence-electron chi connectivity index (χ0n) is 11.0. The first kappa shape index (κ1) is 12.9. The normalized spacial score (nSPS) is 15.5. The largest absolute Gasteiger partial charge is 0.370 e. The first-order valence-corrected chi connectivity index (χ1v) is 6.76. The molecule has 6 nitrogen and oxygen atoms in total. The molecule has 18 heavy (non-hydrogen) atoms. The minimum Gasteiger partial charge on any atom is -0.370 e. The predicted molar refractivity (Wildman–Crippen MR) is 71.2 cm³/mol. The molecule has 0 bridgehead atoms. The van der Waals surface area contributed by atoms with Crippen LogP contribution in [0.5, 0.6) is 0 Å². The Hall–Kier alpha value is -1.59. The lowest BCUT2D eigenvalue weighted by atomic mass is 10.2. The van der Waals surface area contributed by atoms with Crippen LogP contribution in [0.25, 0.3) is 0 Å². The number of hydrogen-bond donors (Lipinski definition) is 2. The summed E-state index contributed by atoms with van der Waals surface area (Å²) in [5.74, 6) is 2.51. The molecule has 1 aromatic rings. The van der Waals surface area contributed by atoms with Gasteiger partial charge in [-0.2, -0.15) is 0 Å². The third kappa shape index (κ3) is 3.21. The summed E-state index contributed by atoms with van der Waals surface area (Å²) in [7, 11) is 0. The lowest BCUT2D eigenvalue weighted by molar-refractivity contribution is 0.508. The van der Waals surface area contributed by atoms with Gasteiger partial charge in [-0.25, -0.2) is 4.99 Å². The van der Waals surface area contributed by atoms with Gasteiger partial charge in [0, 0.05) is 19.5 Å². The number of aromatic nitrogens is 3. The number of aliphatic imine (C=N–C) groups is 1. The average molecular weight is 250 g/mol. The topological polar surface area (TPSA) is 81.1 Å². The number of nitrogens with one attached hydrogen (secondary N) is 1. The van der Waals surface area contributed by atoms with Crippen LogP contribution in [0.15, 0.2) is 4.99 Å². The summed E-state index contributed by atoms with van der Waals surface area (Å²) in [6, 6.07) is 0. The Morgan fingerprint density at radius 3 is 3.17 bits per heavy atom. The maximum atomic E-state index is 5.79. The van der Waals surface area contributed by atoms with E-state index in [9.17, 15) is 0 Å². The van der Waals surface area contributed by atoms with Gasteiger partial charge in [0.05, 0.1) is 0 Å². The van der Waals surface area contributed by atoms with E-state index in [1.165, 1.54) is 12.8 Å². The Morgan fingerprint density at radius 2 is 2.33 bits per heavy atom. The molecule has 0 saturated carbocycles. The van der Waals surface area contributed by atoms with Gasteiger partial charge in [0.2, 0.25) is 0 Å². The van der Waals surface area contributed by atoms with E-state index in [1.807, 2.05) is 0 Å². The van der Waals surface area contributed by atoms with Crippen molar-refractivity contribution in [2.45, 2.75) is 52.1 Å². The van der Waals surface area contributed by atoms with Crippen molar-refractivity contribution < 1.29 is 0 Å². The molecule has 1 aliphatic rings. The lowest BCUT2D eigenvalue weighted by Crippen LogP contribution is -2.32. The summed E-state index contributed by atoms with van der Waals surface area (Å²) in [6.07, 6.45) is 5.70. The van der Waals surface area contributed by atoms with Gasteiger partial charge in [-0.15, -0.1) is 10.2 Å². The molecule has 0 aromatic carbocycles. The van der Waals surface area contributed by atoms with Gasteiger partial charge >= 0.3 is 0 Å². The third-order valence-corrected chi connectivity index (χ3v) is 3.16. The van der Waals surface area contributed by atoms with Gasteiger partial charge in [0.25, 0.3) is 0 Å². The van der Waals surface area contributed by atoms with Crippen LogP contribution in [0.2, 0.25) is 0 Å². The fourth-order valence-electron chi connectivity index (χ4n) is 2.09. The number of rotatable bonds is 5. The molecule has 2 heterocycles. The van der Waals surface area contributed by atoms with Crippen LogP contribution >= 0.6 is 0 Å². The maximum Gasteiger partial charge on any atom is 0.189 e. The van der Waals surface area contributed by atoms with Crippen LogP contribution in [-0.2, 0) is 19.5 Å². The van der Waals surface area contributed by atoms with E-state index in [1.54, 1.807) is 0 Å². The second kappa shape index (κ2) is 6.37. The highest BCUT2D eigenvalue weighted by Crippen LogP contribution is 2.14. The standard InChI is InChI=1S/C12H22N6/c1-2-3-7-14-12(13)15-9-11-17-16-10-6-4-5-8-18(10)11/h2-9H2,1H3,(H3,13,14,15). The van der Waals surface area contributed by atoms with E-state index < -0.39 is 0 Å². The van der Waals surface area contributed by atoms with Crippen LogP contribution in [0, 0.1) is 0 Å². The van der Waals surface area contributed by atoms with E-state index in [4.69, 9.17) is 5.73 Å². The molecule has 0 amide bonds. The molecule has 3 N–H and O–H groups in total. The van der Waals surface area contributed by atoms with Crippen molar-refractivity contribution in [3.63, 3.8) is 0 Å². The van der Waals surface area contributed by atoms with Crippen molar-refractivity contribution in [1.82, 2.24) is 20.1 Å². The summed E-state index contributed by atoms with van der Waals surface area (Å²) in [5.41, 5.74) is 5.79. The molecule has 6 heteroatoms. The second-order valence-electron chi connectivity index (χ2n) is 4.62. The summed E-state index contributed by atoms with van der Waals surface area (Å²) < 4.78 is 2.17. The number of nitrogens with zero attached hydrogens (tertiary/aromatic N) is 4. The smallest absolute Gasteiger partial charge is 0.189 e. The van der Waals surface area contributed by atoms with Crippen molar-refractivity contribution in [1.29, 1.82) is 0 Å². The summed E-state index contributed by atoms with van der Waals surface area (Å²) in [5, 5.41) is 11.5. The monoisotopic (exact) mass is 250 g/mol. The maximum absolute atomic E-state index is 5.79. The molecular formula is C12H22N6. The van der Waals surface area contributed by atoms with Crippen molar-refractivity contribution >= 4 is 5.96 Å². The number of guanidine groups is 1. The Kier molecular flexibility index (Phi) is 4.55. The van der Waals surface area contributed by atoms with E-state index in [0.29, 0.717) is 12.5 Å². The van der Waals surface area contributed by atoms with Gasteiger partial charge in [-0.05, 0) is 19.3 Å². The summed E-state index contributed by atoms with van der Waals surface area (Å²) in [4.78, 5) is 4.31. The van der Waals surface area contributed by atoms with Gasteiger partial charge < -0.3 is 15.6 Å². The van der Waals surface area contributed by atoms with Crippen LogP contribution in [-0.4, -0.2) is 27.3 Å². The van der Waals surface area contributed by atoms with Crippen molar-refractivity contribution in [3.8, 4) is 0 Å². The van der Waals surface area contributed by atoms with E-state index >= 15 is 0 Å². The van der Waals surface area contributed by atoms with Gasteiger partial charge in [0.15, 0.2) is 11.8 Å². The molecule has 0 atom stereocenters. The van der Waals surface area contributed by atoms with Crippen LogP contribution in [0.4, 0.5) is 0 Å². The van der Waals surface area contributed by atoms with Crippen LogP contribution in [0.1, 0.15) is 44.3 Å². The molecule has 0 aliphatic carbocycles. The fraction of sp³-hybridized carbons (Fsp3) is 0.750. The number of aryl methyl sites for hydroxylation is 1. The SMILES string of the molecule is CCCCNC(N)=NCc1nnc2n1CCCC2. The summed E-state index contributed by atoms with van der Waals surface area (Å²) >= 11 is 0. The average Bonchev–Trinajstić information content (AvgIpc) is 2.80. The quantitative estimate of drug-likeness (QED) is 0.460. The fourth-order valence-corrected chi connectivity index (χ4v) is 2.09. The Labute approximate surface area is 108 Å². The van der Waals surface area contributed by atoms with E-state index in [2.05, 4.69) is 32.0 Å². The molecule has 1 aliphatic heterocycles. The van der Waals surface area contributed by atoms with Crippen LogP contribution < -0.4 is 11.1 Å². The number of unbranched alkanes of at least 4 members (excludes halogenated alkanes) is 1. The van der Waals surface area contributed by atoms with Crippen LogP contribution in [0.3, 0.4) is 0 Å². The third-order valence-electron chi connectivity index (χ3n) is 3.16. The highest BCUT2D eigenvalue weighted by molar-refractivity contribution is 5.77. The van der Waals surface area contributed by atoms with Crippen molar-refractivity contribution in [3.05, 3.63) is 11.6 Å². The Bertz CT molecular complexity index is 409. The molecule has 100 valence electrons. The molecule has 1 aromatic heterocycles. The minimum absolute atomic E-state index is 0.497. The van der Waals surface area contributed by atoms with Gasteiger partial charge in [0.1, 0.15) is 12.4 Å². The lowest BCUT2D eigenvalue weighted by Gasteiger charge is -2.13. The minimum atomic E-state index is 0.497. The zero-order chi connectivity index (χ0) is 12.8. The van der Waals surface area contributed by atoms with Crippen molar-refractivity contribution in [2.24, 2.45) is 10.7 Å². The molecule has 0 saturated heterocycles. The van der Waals surface area contributed by atoms with E-state index in [-0.39, 0.29) is 0 Å². The first-order valence-electron chi connectivity index (χ1n) is 6.76. The molecule has 0 fully saturated rings. The van der Waals surface area contributed by atoms with Gasteiger partial charge in [-0.3, -0.25) is 0 Å². The molecule has 2 rings (SSSR count). The molecular weight excluding hydrogens is 228 g/mol. The predicted octanol–water partition coefficient (Wildman–Crippen LogP) is 0.819. The number of nitrogens with two attached hydrogens (primary N) is 1. The van der Waals surface area contributed by atoms with Crippen molar-refractivity contribution in [2.75, 3.05) is 6.54 Å². The Morgan fingerprint density at radius 1 is 1.44 bits per heavy atom. The first-order chi connectivity index (χ1) is 8.81. The highest BCUT2D eigenvalue weighted by atomic mass is 15.3. The second-order valence-corrected chi connectivity index (χ2v) is 4.62. The highest BCUT2D eigenvalue weighted by Gasteiger charge is 2.14. The van der Waals surface area contributed by atoms with E-state index in [0.717, 1.165) is 44.0 Å². The Balaban J connectivity index is 1.89. The zero-order valence-corrected chi connectivity index (χ0v) is 11.0. The number of fused-ring (bicyclic) bond motifs is 1. The molecule has 0 spiro atoms. The molecule has 0 radical (unpaired) electrons.